The molecule has 0 saturated heterocycles. The number of carbonyl (C=O) groups excluding carboxylic acids is 1. The number of hydrogen-bond acceptors (Lipinski definition) is 8. The molecule has 1 atom stereocenters. The minimum atomic E-state index is -3.99. The molecule has 2 aromatic carbocycles. The lowest BCUT2D eigenvalue weighted by Gasteiger charge is -2.25. The molecule has 1 N–H and O–H groups in total. The zero-order valence-electron chi connectivity index (χ0n) is 18.3. The van der Waals surface area contributed by atoms with E-state index in [4.69, 9.17) is 14.2 Å². The van der Waals surface area contributed by atoms with Crippen molar-refractivity contribution in [1.29, 1.82) is 0 Å². The fourth-order valence-electron chi connectivity index (χ4n) is 3.04. The molecule has 1 amide bonds. The highest BCUT2D eigenvalue weighted by Crippen LogP contribution is 2.34. The van der Waals surface area contributed by atoms with Gasteiger partial charge in [0.1, 0.15) is 29.5 Å². The number of benzene rings is 2. The maximum Gasteiger partial charge on any atom is 0.271 e. The number of sulfonamides is 1. The Morgan fingerprint density at radius 3 is 2.25 bits per heavy atom. The summed E-state index contributed by atoms with van der Waals surface area (Å²) in [6, 6.07) is 8.03. The average Bonchev–Trinajstić information content (AvgIpc) is 2.75. The lowest BCUT2D eigenvalue weighted by molar-refractivity contribution is -0.384. The quantitative estimate of drug-likeness (QED) is 0.415. The molecule has 0 heterocycles. The number of amides is 1. The summed E-state index contributed by atoms with van der Waals surface area (Å²) in [4.78, 5) is 23.3. The fourth-order valence-corrected chi connectivity index (χ4v) is 3.89. The Morgan fingerprint density at radius 2 is 1.72 bits per heavy atom. The number of non-ortho nitro benzene ring substituents is 1. The number of carbonyl (C=O) groups is 1. The number of methoxy groups -OCH3 is 3. The number of nitrogens with one attached hydrogen (secondary N) is 1. The average molecular weight is 468 g/mol. The summed E-state index contributed by atoms with van der Waals surface area (Å²) < 4.78 is 41.3. The van der Waals surface area contributed by atoms with E-state index < -0.39 is 33.4 Å². The van der Waals surface area contributed by atoms with Crippen molar-refractivity contribution in [3.05, 3.63) is 52.1 Å². The summed E-state index contributed by atoms with van der Waals surface area (Å²) in [5.41, 5.74) is 0.161. The van der Waals surface area contributed by atoms with Gasteiger partial charge >= 0.3 is 0 Å². The van der Waals surface area contributed by atoms with Gasteiger partial charge in [-0.05, 0) is 31.2 Å². The summed E-state index contributed by atoms with van der Waals surface area (Å²) in [6.45, 7) is 1.08. The molecule has 2 aromatic rings. The molecule has 12 heteroatoms. The van der Waals surface area contributed by atoms with E-state index in [1.54, 1.807) is 25.1 Å². The van der Waals surface area contributed by atoms with Gasteiger partial charge in [0.2, 0.25) is 15.9 Å². The number of nitro groups is 1. The van der Waals surface area contributed by atoms with E-state index in [9.17, 15) is 23.3 Å². The molecule has 174 valence electrons. The van der Waals surface area contributed by atoms with Crippen molar-refractivity contribution in [2.24, 2.45) is 0 Å². The number of anilines is 1. The molecule has 0 aliphatic rings. The molecule has 0 aliphatic heterocycles. The Labute approximate surface area is 186 Å². The van der Waals surface area contributed by atoms with E-state index in [-0.39, 0.29) is 17.1 Å². The van der Waals surface area contributed by atoms with Gasteiger partial charge in [-0.3, -0.25) is 19.2 Å². The molecule has 0 bridgehead atoms. The summed E-state index contributed by atoms with van der Waals surface area (Å²) in [6.07, 6.45) is 0.896. The van der Waals surface area contributed by atoms with Crippen LogP contribution in [0.5, 0.6) is 17.2 Å². The number of ether oxygens (including phenoxy) is 3. The van der Waals surface area contributed by atoms with E-state index in [1.807, 2.05) is 0 Å². The van der Waals surface area contributed by atoms with Crippen LogP contribution in [0.25, 0.3) is 0 Å². The first kappa shape index (κ1) is 24.7. The van der Waals surface area contributed by atoms with E-state index in [1.165, 1.54) is 33.5 Å². The van der Waals surface area contributed by atoms with Crippen LogP contribution in [0.2, 0.25) is 0 Å². The van der Waals surface area contributed by atoms with Crippen LogP contribution in [0.3, 0.4) is 0 Å². The first-order valence-electron chi connectivity index (χ1n) is 9.33. The lowest BCUT2D eigenvalue weighted by Crippen LogP contribution is -2.41. The standard InChI is InChI=1S/C20H25N3O8S/c1-13(16-11-15(29-2)7-9-18(16)30-3)21-20(24)12-22(32(5,27)28)17-10-14(23(25)26)6-8-19(17)31-4/h6-11,13H,12H2,1-5H3,(H,21,24). The van der Waals surface area contributed by atoms with Crippen molar-refractivity contribution in [3.8, 4) is 17.2 Å². The van der Waals surface area contributed by atoms with Gasteiger partial charge in [-0.15, -0.1) is 0 Å². The lowest BCUT2D eigenvalue weighted by atomic mass is 10.1. The van der Waals surface area contributed by atoms with Crippen molar-refractivity contribution in [1.82, 2.24) is 5.32 Å². The van der Waals surface area contributed by atoms with E-state index in [0.29, 0.717) is 17.1 Å². The van der Waals surface area contributed by atoms with Crippen molar-refractivity contribution in [3.63, 3.8) is 0 Å². The molecule has 0 aromatic heterocycles. The molecule has 0 saturated carbocycles. The maximum atomic E-state index is 12.8. The zero-order valence-corrected chi connectivity index (χ0v) is 19.1. The van der Waals surface area contributed by atoms with Gasteiger partial charge in [0.25, 0.3) is 5.69 Å². The molecule has 32 heavy (non-hydrogen) atoms. The molecule has 0 aliphatic carbocycles. The van der Waals surface area contributed by atoms with Crippen molar-refractivity contribution in [2.45, 2.75) is 13.0 Å². The third kappa shape index (κ3) is 5.78. The molecule has 1 unspecified atom stereocenters. The van der Waals surface area contributed by atoms with Crippen LogP contribution in [-0.2, 0) is 14.8 Å². The molecule has 0 fully saturated rings. The van der Waals surface area contributed by atoms with Crippen LogP contribution >= 0.6 is 0 Å². The van der Waals surface area contributed by atoms with Crippen LogP contribution < -0.4 is 23.8 Å². The highest BCUT2D eigenvalue weighted by Gasteiger charge is 2.27. The Hall–Kier alpha value is -3.54. The topological polar surface area (TPSA) is 137 Å². The molecule has 2 rings (SSSR count). The Morgan fingerprint density at radius 1 is 1.09 bits per heavy atom. The number of nitrogens with zero attached hydrogens (tertiary/aromatic N) is 2. The maximum absolute atomic E-state index is 12.8. The summed E-state index contributed by atoms with van der Waals surface area (Å²) in [5, 5.41) is 13.9. The predicted molar refractivity (Wildman–Crippen MR) is 118 cm³/mol. The third-order valence-electron chi connectivity index (χ3n) is 4.61. The minimum absolute atomic E-state index is 0.0661. The summed E-state index contributed by atoms with van der Waals surface area (Å²) in [5.74, 6) is 0.498. The number of rotatable bonds is 10. The monoisotopic (exact) mass is 467 g/mol. The van der Waals surface area contributed by atoms with Crippen molar-refractivity contribution < 1.29 is 32.3 Å². The van der Waals surface area contributed by atoms with E-state index >= 15 is 0 Å². The van der Waals surface area contributed by atoms with Crippen LogP contribution in [0.4, 0.5) is 11.4 Å². The Bertz CT molecular complexity index is 1100. The van der Waals surface area contributed by atoms with E-state index in [0.717, 1.165) is 16.6 Å². The second-order valence-electron chi connectivity index (χ2n) is 6.78. The number of hydrogen-bond donors (Lipinski definition) is 1. The van der Waals surface area contributed by atoms with Crippen LogP contribution in [0.1, 0.15) is 18.5 Å². The summed E-state index contributed by atoms with van der Waals surface area (Å²) in [7, 11) is 0.298. The van der Waals surface area contributed by atoms with Gasteiger partial charge in [0.15, 0.2) is 0 Å². The number of nitro benzene ring substituents is 1. The second kappa shape index (κ2) is 10.2. The second-order valence-corrected chi connectivity index (χ2v) is 8.69. The van der Waals surface area contributed by atoms with Gasteiger partial charge in [-0.25, -0.2) is 8.42 Å². The highest BCUT2D eigenvalue weighted by molar-refractivity contribution is 7.92. The third-order valence-corrected chi connectivity index (χ3v) is 5.74. The normalized spacial score (nSPS) is 11.9. The highest BCUT2D eigenvalue weighted by atomic mass is 32.2. The smallest absolute Gasteiger partial charge is 0.271 e. The minimum Gasteiger partial charge on any atom is -0.497 e. The molecule has 0 radical (unpaired) electrons. The van der Waals surface area contributed by atoms with Gasteiger partial charge < -0.3 is 19.5 Å². The van der Waals surface area contributed by atoms with Gasteiger partial charge in [-0.1, -0.05) is 0 Å². The Balaban J connectivity index is 2.35. The first-order valence-corrected chi connectivity index (χ1v) is 11.2. The van der Waals surface area contributed by atoms with Crippen molar-refractivity contribution in [2.75, 3.05) is 38.4 Å². The molecule has 11 nitrogen and oxygen atoms in total. The molecular formula is C20H25N3O8S. The van der Waals surface area contributed by atoms with E-state index in [2.05, 4.69) is 5.32 Å². The van der Waals surface area contributed by atoms with Gasteiger partial charge in [-0.2, -0.15) is 0 Å². The van der Waals surface area contributed by atoms with Crippen molar-refractivity contribution >= 4 is 27.3 Å². The van der Waals surface area contributed by atoms with Crippen LogP contribution in [0, 0.1) is 10.1 Å². The van der Waals surface area contributed by atoms with Gasteiger partial charge in [0, 0.05) is 17.7 Å². The fraction of sp³-hybridized carbons (Fsp3) is 0.350. The first-order chi connectivity index (χ1) is 15.0. The molecule has 0 spiro atoms. The zero-order chi connectivity index (χ0) is 24.1. The molecular weight excluding hydrogens is 442 g/mol. The van der Waals surface area contributed by atoms with Gasteiger partial charge in [0.05, 0.1) is 38.6 Å². The SMILES string of the molecule is COc1ccc(OC)c(C(C)NC(=O)CN(c2cc([N+](=O)[O-])ccc2OC)S(C)(=O)=O)c1. The van der Waals surface area contributed by atoms with Crippen LogP contribution in [0.15, 0.2) is 36.4 Å². The largest absolute Gasteiger partial charge is 0.497 e. The summed E-state index contributed by atoms with van der Waals surface area (Å²) >= 11 is 0. The van der Waals surface area contributed by atoms with Crippen LogP contribution in [-0.4, -0.2) is 53.4 Å². The predicted octanol–water partition coefficient (Wildman–Crippen LogP) is 2.26. The Kier molecular flexibility index (Phi) is 7.87.